The van der Waals surface area contributed by atoms with Gasteiger partial charge in [-0.15, -0.1) is 11.3 Å². The van der Waals surface area contributed by atoms with E-state index in [0.29, 0.717) is 12.3 Å². The second-order valence-electron chi connectivity index (χ2n) is 5.54. The second kappa shape index (κ2) is 7.38. The summed E-state index contributed by atoms with van der Waals surface area (Å²) >= 11 is 1.66. The molecule has 1 unspecified atom stereocenters. The Kier molecular flexibility index (Phi) is 5.53. The number of rotatable bonds is 6. The number of benzene rings is 1. The number of carbonyl (C=O) groups is 1. The summed E-state index contributed by atoms with van der Waals surface area (Å²) in [6, 6.07) is 13.4. The zero-order valence-corrected chi connectivity index (χ0v) is 13.3. The van der Waals surface area contributed by atoms with E-state index >= 15 is 0 Å². The molecule has 21 heavy (non-hydrogen) atoms. The third kappa shape index (κ3) is 4.41. The summed E-state index contributed by atoms with van der Waals surface area (Å²) in [5, 5.41) is 5.11. The fourth-order valence-electron chi connectivity index (χ4n) is 2.26. The summed E-state index contributed by atoms with van der Waals surface area (Å²) in [4.78, 5) is 13.5. The Hall–Kier alpha value is -1.65. The van der Waals surface area contributed by atoms with Crippen LogP contribution in [0.25, 0.3) is 0 Å². The minimum Gasteiger partial charge on any atom is -0.347 e. The van der Waals surface area contributed by atoms with Gasteiger partial charge < -0.3 is 11.1 Å². The summed E-state index contributed by atoms with van der Waals surface area (Å²) in [6.45, 7) is 4.21. The molecule has 0 bridgehead atoms. The average molecular weight is 302 g/mol. The molecular weight excluding hydrogens is 280 g/mol. The van der Waals surface area contributed by atoms with Crippen molar-refractivity contribution in [1.29, 1.82) is 0 Å². The lowest BCUT2D eigenvalue weighted by atomic mass is 10.0. The Balaban J connectivity index is 1.99. The van der Waals surface area contributed by atoms with E-state index in [9.17, 15) is 4.79 Å². The lowest BCUT2D eigenvalue weighted by molar-refractivity contribution is -0.123. The smallest absolute Gasteiger partial charge is 0.237 e. The van der Waals surface area contributed by atoms with E-state index in [2.05, 4.69) is 25.2 Å². The Morgan fingerprint density at radius 3 is 2.48 bits per heavy atom. The van der Waals surface area contributed by atoms with Crippen molar-refractivity contribution in [3.05, 3.63) is 58.3 Å². The molecule has 0 spiro atoms. The van der Waals surface area contributed by atoms with Gasteiger partial charge in [0, 0.05) is 4.88 Å². The summed E-state index contributed by atoms with van der Waals surface area (Å²) in [5.74, 6) is 0.238. The maximum atomic E-state index is 12.3. The molecule has 0 saturated carbocycles. The molecule has 112 valence electrons. The Bertz CT molecular complexity index is 551. The van der Waals surface area contributed by atoms with Crippen LogP contribution in [0.4, 0.5) is 0 Å². The SMILES string of the molecule is CC(C)C(NC(=O)[C@@H](N)Cc1ccccc1)c1cccs1. The fourth-order valence-corrected chi connectivity index (χ4v) is 3.20. The Morgan fingerprint density at radius 2 is 1.90 bits per heavy atom. The highest BCUT2D eigenvalue weighted by Gasteiger charge is 2.22. The van der Waals surface area contributed by atoms with Crippen molar-refractivity contribution in [2.45, 2.75) is 32.4 Å². The highest BCUT2D eigenvalue weighted by molar-refractivity contribution is 7.10. The van der Waals surface area contributed by atoms with Crippen LogP contribution in [0.1, 0.15) is 30.3 Å². The van der Waals surface area contributed by atoms with Crippen LogP contribution in [0.2, 0.25) is 0 Å². The molecular formula is C17H22N2OS. The Labute approximate surface area is 130 Å². The third-order valence-corrected chi connectivity index (χ3v) is 4.40. The van der Waals surface area contributed by atoms with Crippen LogP contribution >= 0.6 is 11.3 Å². The first kappa shape index (κ1) is 15.7. The van der Waals surface area contributed by atoms with Crippen LogP contribution in [-0.4, -0.2) is 11.9 Å². The molecule has 0 saturated heterocycles. The normalized spacial score (nSPS) is 13.9. The maximum absolute atomic E-state index is 12.3. The molecule has 2 atom stereocenters. The van der Waals surface area contributed by atoms with E-state index < -0.39 is 6.04 Å². The molecule has 0 aliphatic heterocycles. The topological polar surface area (TPSA) is 55.1 Å². The molecule has 3 N–H and O–H groups in total. The Morgan fingerprint density at radius 1 is 1.19 bits per heavy atom. The third-order valence-electron chi connectivity index (χ3n) is 3.45. The van der Waals surface area contributed by atoms with Gasteiger partial charge in [-0.25, -0.2) is 0 Å². The summed E-state index contributed by atoms with van der Waals surface area (Å²) in [6.07, 6.45) is 0.557. The number of thiophene rings is 1. The van der Waals surface area contributed by atoms with Crippen LogP contribution in [0, 0.1) is 5.92 Å². The van der Waals surface area contributed by atoms with Gasteiger partial charge in [0.15, 0.2) is 0 Å². The zero-order valence-electron chi connectivity index (χ0n) is 12.5. The molecule has 1 aromatic carbocycles. The van der Waals surface area contributed by atoms with Gasteiger partial charge in [0.2, 0.25) is 5.91 Å². The second-order valence-corrected chi connectivity index (χ2v) is 6.52. The van der Waals surface area contributed by atoms with Gasteiger partial charge in [-0.1, -0.05) is 50.2 Å². The van der Waals surface area contributed by atoms with Crippen molar-refractivity contribution in [1.82, 2.24) is 5.32 Å². The lowest BCUT2D eigenvalue weighted by Crippen LogP contribution is -2.44. The van der Waals surface area contributed by atoms with Gasteiger partial charge in [-0.3, -0.25) is 4.79 Å². The largest absolute Gasteiger partial charge is 0.347 e. The zero-order chi connectivity index (χ0) is 15.2. The number of amides is 1. The molecule has 4 heteroatoms. The summed E-state index contributed by atoms with van der Waals surface area (Å²) < 4.78 is 0. The molecule has 2 rings (SSSR count). The molecule has 2 aromatic rings. The molecule has 0 radical (unpaired) electrons. The number of hydrogen-bond donors (Lipinski definition) is 2. The first-order valence-electron chi connectivity index (χ1n) is 7.21. The van der Waals surface area contributed by atoms with Crippen LogP contribution in [0.3, 0.4) is 0 Å². The van der Waals surface area contributed by atoms with Crippen molar-refractivity contribution in [2.24, 2.45) is 11.7 Å². The molecule has 0 aliphatic carbocycles. The first-order valence-corrected chi connectivity index (χ1v) is 8.09. The van der Waals surface area contributed by atoms with E-state index in [-0.39, 0.29) is 11.9 Å². The van der Waals surface area contributed by atoms with E-state index in [4.69, 9.17) is 5.73 Å². The summed E-state index contributed by atoms with van der Waals surface area (Å²) in [5.41, 5.74) is 7.12. The predicted molar refractivity (Wildman–Crippen MR) is 88.2 cm³/mol. The van der Waals surface area contributed by atoms with E-state index in [1.165, 1.54) is 4.88 Å². The van der Waals surface area contributed by atoms with Crippen molar-refractivity contribution >= 4 is 17.2 Å². The van der Waals surface area contributed by atoms with Gasteiger partial charge in [-0.05, 0) is 29.3 Å². The monoisotopic (exact) mass is 302 g/mol. The first-order chi connectivity index (χ1) is 10.1. The number of hydrogen-bond acceptors (Lipinski definition) is 3. The van der Waals surface area contributed by atoms with Crippen molar-refractivity contribution in [3.8, 4) is 0 Å². The van der Waals surface area contributed by atoms with Crippen LogP contribution < -0.4 is 11.1 Å². The lowest BCUT2D eigenvalue weighted by Gasteiger charge is -2.23. The minimum absolute atomic E-state index is 0.0272. The van der Waals surface area contributed by atoms with Gasteiger partial charge in [0.05, 0.1) is 12.1 Å². The van der Waals surface area contributed by atoms with Gasteiger partial charge in [-0.2, -0.15) is 0 Å². The standard InChI is InChI=1S/C17H22N2OS/c1-12(2)16(15-9-6-10-21-15)19-17(20)14(18)11-13-7-4-3-5-8-13/h3-10,12,14,16H,11,18H2,1-2H3,(H,19,20)/t14-,16?/m0/s1. The fraction of sp³-hybridized carbons (Fsp3) is 0.353. The molecule has 1 heterocycles. The quantitative estimate of drug-likeness (QED) is 0.861. The van der Waals surface area contributed by atoms with E-state index in [1.807, 2.05) is 41.8 Å². The molecule has 0 fully saturated rings. The molecule has 1 amide bonds. The van der Waals surface area contributed by atoms with E-state index in [1.54, 1.807) is 11.3 Å². The molecule has 0 aliphatic rings. The van der Waals surface area contributed by atoms with Crippen LogP contribution in [-0.2, 0) is 11.2 Å². The molecule has 1 aromatic heterocycles. The van der Waals surface area contributed by atoms with Crippen molar-refractivity contribution in [3.63, 3.8) is 0 Å². The predicted octanol–water partition coefficient (Wildman–Crippen LogP) is 3.13. The van der Waals surface area contributed by atoms with Crippen LogP contribution in [0.5, 0.6) is 0 Å². The van der Waals surface area contributed by atoms with Crippen molar-refractivity contribution in [2.75, 3.05) is 0 Å². The minimum atomic E-state index is -0.520. The van der Waals surface area contributed by atoms with Gasteiger partial charge >= 0.3 is 0 Å². The average Bonchev–Trinajstić information content (AvgIpc) is 2.99. The van der Waals surface area contributed by atoms with E-state index in [0.717, 1.165) is 5.56 Å². The van der Waals surface area contributed by atoms with Crippen molar-refractivity contribution < 1.29 is 4.79 Å². The highest BCUT2D eigenvalue weighted by atomic mass is 32.1. The van der Waals surface area contributed by atoms with Crippen LogP contribution in [0.15, 0.2) is 47.8 Å². The number of nitrogens with one attached hydrogen (secondary N) is 1. The number of carbonyl (C=O) groups excluding carboxylic acids is 1. The number of nitrogens with two attached hydrogens (primary N) is 1. The maximum Gasteiger partial charge on any atom is 0.237 e. The van der Waals surface area contributed by atoms with Gasteiger partial charge in [0.1, 0.15) is 0 Å². The summed E-state index contributed by atoms with van der Waals surface area (Å²) in [7, 11) is 0. The van der Waals surface area contributed by atoms with Gasteiger partial charge in [0.25, 0.3) is 0 Å². The molecule has 3 nitrogen and oxygen atoms in total. The highest BCUT2D eigenvalue weighted by Crippen LogP contribution is 2.25.